The van der Waals surface area contributed by atoms with Crippen molar-refractivity contribution in [2.75, 3.05) is 0 Å². The van der Waals surface area contributed by atoms with Gasteiger partial charge in [0.25, 0.3) is 5.91 Å². The molecule has 2 aromatic carbocycles. The van der Waals surface area contributed by atoms with Crippen molar-refractivity contribution in [2.24, 2.45) is 0 Å². The number of aromatic nitrogens is 2. The fraction of sp³-hybridized carbons (Fsp3) is 0.304. The summed E-state index contributed by atoms with van der Waals surface area (Å²) in [5.74, 6) is -0.140. The number of nitrogens with one attached hydrogen (secondary N) is 1. The van der Waals surface area contributed by atoms with Gasteiger partial charge in [-0.1, -0.05) is 48.9 Å². The fourth-order valence-electron chi connectivity index (χ4n) is 3.10. The first-order valence-corrected chi connectivity index (χ1v) is 10.2. The molecule has 29 heavy (non-hydrogen) atoms. The zero-order chi connectivity index (χ0) is 20.8. The monoisotopic (exact) mass is 411 g/mol. The number of carbonyl (C=O) groups excluding carboxylic acids is 1. The third-order valence-electron chi connectivity index (χ3n) is 4.53. The molecule has 0 saturated heterocycles. The maximum absolute atomic E-state index is 12.8. The Kier molecular flexibility index (Phi) is 7.07. The highest BCUT2D eigenvalue weighted by atomic mass is 35.5. The van der Waals surface area contributed by atoms with Gasteiger partial charge in [-0.15, -0.1) is 0 Å². The van der Waals surface area contributed by atoms with E-state index in [0.29, 0.717) is 30.2 Å². The number of carbonyl (C=O) groups is 1. The Morgan fingerprint density at radius 2 is 1.93 bits per heavy atom. The molecule has 0 aliphatic rings. The van der Waals surface area contributed by atoms with Crippen molar-refractivity contribution in [1.29, 1.82) is 0 Å². The van der Waals surface area contributed by atoms with Gasteiger partial charge < -0.3 is 10.1 Å². The quantitative estimate of drug-likeness (QED) is 0.571. The summed E-state index contributed by atoms with van der Waals surface area (Å²) in [6, 6.07) is 15.5. The van der Waals surface area contributed by atoms with Gasteiger partial charge in [0.05, 0.1) is 35.9 Å². The van der Waals surface area contributed by atoms with Gasteiger partial charge in [-0.3, -0.25) is 4.79 Å². The van der Waals surface area contributed by atoms with Crippen molar-refractivity contribution in [3.63, 3.8) is 0 Å². The molecule has 1 N–H and O–H groups in total. The molecule has 0 aliphatic heterocycles. The summed E-state index contributed by atoms with van der Waals surface area (Å²) in [7, 11) is 0. The summed E-state index contributed by atoms with van der Waals surface area (Å²) in [5, 5.41) is 8.04. The number of rotatable bonds is 8. The van der Waals surface area contributed by atoms with Gasteiger partial charge in [0, 0.05) is 11.6 Å². The number of amides is 1. The van der Waals surface area contributed by atoms with E-state index in [1.807, 2.05) is 63.2 Å². The first-order valence-electron chi connectivity index (χ1n) is 9.78. The van der Waals surface area contributed by atoms with Crippen LogP contribution in [0.1, 0.15) is 48.0 Å². The minimum Gasteiger partial charge on any atom is -0.374 e. The van der Waals surface area contributed by atoms with Crippen LogP contribution in [0, 0.1) is 0 Å². The Labute approximate surface area is 176 Å². The Morgan fingerprint density at radius 3 is 2.66 bits per heavy atom. The lowest BCUT2D eigenvalue weighted by molar-refractivity contribution is 0.0657. The van der Waals surface area contributed by atoms with Gasteiger partial charge in [-0.25, -0.2) is 4.68 Å². The Bertz CT molecular complexity index is 982. The molecule has 0 atom stereocenters. The second kappa shape index (κ2) is 9.72. The molecule has 0 fully saturated rings. The predicted octanol–water partition coefficient (Wildman–Crippen LogP) is 4.94. The van der Waals surface area contributed by atoms with Crippen molar-refractivity contribution in [2.45, 2.75) is 46.4 Å². The van der Waals surface area contributed by atoms with E-state index in [-0.39, 0.29) is 12.0 Å². The molecule has 0 unspecified atom stereocenters. The first kappa shape index (κ1) is 21.1. The van der Waals surface area contributed by atoms with Crippen molar-refractivity contribution < 1.29 is 9.53 Å². The average molecular weight is 412 g/mol. The Morgan fingerprint density at radius 1 is 1.17 bits per heavy atom. The number of benzene rings is 2. The first-order chi connectivity index (χ1) is 14.0. The molecule has 6 heteroatoms. The third-order valence-corrected chi connectivity index (χ3v) is 4.76. The number of nitrogens with zero attached hydrogens (tertiary/aromatic N) is 2. The number of ether oxygens (including phenoxy) is 1. The van der Waals surface area contributed by atoms with Gasteiger partial charge in [-0.2, -0.15) is 5.10 Å². The van der Waals surface area contributed by atoms with Gasteiger partial charge in [0.15, 0.2) is 0 Å². The topological polar surface area (TPSA) is 56.1 Å². The normalized spacial score (nSPS) is 11.1. The van der Waals surface area contributed by atoms with Gasteiger partial charge >= 0.3 is 0 Å². The fourth-order valence-corrected chi connectivity index (χ4v) is 3.29. The van der Waals surface area contributed by atoms with E-state index in [2.05, 4.69) is 16.5 Å². The van der Waals surface area contributed by atoms with Crippen LogP contribution >= 0.6 is 11.6 Å². The highest BCUT2D eigenvalue weighted by Crippen LogP contribution is 2.19. The van der Waals surface area contributed by atoms with Crippen LogP contribution in [0.5, 0.6) is 0 Å². The number of hydrogen-bond acceptors (Lipinski definition) is 3. The lowest BCUT2D eigenvalue weighted by atomic mass is 10.1. The van der Waals surface area contributed by atoms with Crippen LogP contribution < -0.4 is 5.32 Å². The van der Waals surface area contributed by atoms with E-state index in [1.54, 1.807) is 10.9 Å². The molecule has 0 radical (unpaired) electrons. The zero-order valence-corrected chi connectivity index (χ0v) is 17.7. The lowest BCUT2D eigenvalue weighted by Gasteiger charge is -2.10. The number of halogens is 1. The van der Waals surface area contributed by atoms with E-state index >= 15 is 0 Å². The summed E-state index contributed by atoms with van der Waals surface area (Å²) >= 11 is 6.10. The Balaban J connectivity index is 1.71. The highest BCUT2D eigenvalue weighted by Gasteiger charge is 2.17. The maximum atomic E-state index is 12.8. The molecule has 0 spiro atoms. The molecule has 0 saturated carbocycles. The SMILES string of the molecule is CCc1c(C(=O)NCc2cccc(COC(C)C)c2)cnn1-c1cccc(Cl)c1. The molecule has 3 aromatic rings. The maximum Gasteiger partial charge on any atom is 0.255 e. The van der Waals surface area contributed by atoms with Gasteiger partial charge in [0.2, 0.25) is 0 Å². The molecule has 152 valence electrons. The van der Waals surface area contributed by atoms with Crippen LogP contribution in [0.3, 0.4) is 0 Å². The van der Waals surface area contributed by atoms with Crippen molar-refractivity contribution in [3.8, 4) is 5.69 Å². The summed E-state index contributed by atoms with van der Waals surface area (Å²) < 4.78 is 7.42. The van der Waals surface area contributed by atoms with Crippen molar-refractivity contribution in [1.82, 2.24) is 15.1 Å². The molecule has 1 aromatic heterocycles. The summed E-state index contributed by atoms with van der Waals surface area (Å²) in [6.45, 7) is 7.04. The van der Waals surface area contributed by atoms with Crippen molar-refractivity contribution >= 4 is 17.5 Å². The van der Waals surface area contributed by atoms with E-state index in [4.69, 9.17) is 16.3 Å². The molecule has 0 bridgehead atoms. The van der Waals surface area contributed by atoms with E-state index in [9.17, 15) is 4.79 Å². The predicted molar refractivity (Wildman–Crippen MR) is 115 cm³/mol. The van der Waals surface area contributed by atoms with Crippen LogP contribution in [0.25, 0.3) is 5.69 Å². The molecule has 5 nitrogen and oxygen atoms in total. The minimum atomic E-state index is -0.140. The molecular weight excluding hydrogens is 386 g/mol. The molecular formula is C23H26ClN3O2. The molecule has 1 amide bonds. The molecule has 1 heterocycles. The standard InChI is InChI=1S/C23H26ClN3O2/c1-4-22-21(14-26-27(22)20-10-6-9-19(24)12-20)23(28)25-13-17-7-5-8-18(11-17)15-29-16(2)3/h5-12,14,16H,4,13,15H2,1-3H3,(H,25,28). The largest absolute Gasteiger partial charge is 0.374 e. The van der Waals surface area contributed by atoms with Crippen LogP contribution in [0.2, 0.25) is 5.02 Å². The molecule has 0 aliphatic carbocycles. The van der Waals surface area contributed by atoms with Gasteiger partial charge in [0.1, 0.15) is 0 Å². The van der Waals surface area contributed by atoms with E-state index in [0.717, 1.165) is 22.5 Å². The summed E-state index contributed by atoms with van der Waals surface area (Å²) in [5.41, 5.74) is 4.39. The summed E-state index contributed by atoms with van der Waals surface area (Å²) in [4.78, 5) is 12.8. The highest BCUT2D eigenvalue weighted by molar-refractivity contribution is 6.30. The van der Waals surface area contributed by atoms with Crippen molar-refractivity contribution in [3.05, 3.63) is 82.1 Å². The Hall–Kier alpha value is -2.63. The van der Waals surface area contributed by atoms with E-state index in [1.165, 1.54) is 0 Å². The van der Waals surface area contributed by atoms with Crippen LogP contribution in [-0.4, -0.2) is 21.8 Å². The minimum absolute atomic E-state index is 0.140. The van der Waals surface area contributed by atoms with Crippen LogP contribution in [-0.2, 0) is 24.3 Å². The lowest BCUT2D eigenvalue weighted by Crippen LogP contribution is -2.24. The third kappa shape index (κ3) is 5.46. The van der Waals surface area contributed by atoms with Crippen LogP contribution in [0.4, 0.5) is 0 Å². The second-order valence-electron chi connectivity index (χ2n) is 7.11. The smallest absolute Gasteiger partial charge is 0.255 e. The second-order valence-corrected chi connectivity index (χ2v) is 7.55. The van der Waals surface area contributed by atoms with Gasteiger partial charge in [-0.05, 0) is 49.6 Å². The molecule has 3 rings (SSSR count). The number of hydrogen-bond donors (Lipinski definition) is 1. The summed E-state index contributed by atoms with van der Waals surface area (Å²) in [6.07, 6.45) is 2.47. The average Bonchev–Trinajstić information content (AvgIpc) is 3.15. The van der Waals surface area contributed by atoms with Crippen LogP contribution in [0.15, 0.2) is 54.7 Å². The van der Waals surface area contributed by atoms with E-state index < -0.39 is 0 Å². The zero-order valence-electron chi connectivity index (χ0n) is 17.0.